The van der Waals surface area contributed by atoms with Gasteiger partial charge in [0.1, 0.15) is 6.10 Å². The Hall–Kier alpha value is -1.72. The topological polar surface area (TPSA) is 30.9 Å². The zero-order valence-corrected chi connectivity index (χ0v) is 17.7. The second kappa shape index (κ2) is 9.19. The molecule has 0 radical (unpaired) electrons. The van der Waals surface area contributed by atoms with E-state index in [1.165, 1.54) is 24.0 Å². The Morgan fingerprint density at radius 2 is 1.37 bits per heavy atom. The van der Waals surface area contributed by atoms with Crippen molar-refractivity contribution in [1.29, 1.82) is 0 Å². The maximum absolute atomic E-state index is 6.96. The third-order valence-electron chi connectivity index (χ3n) is 6.94. The SMILES string of the molecule is c1ccc([C@@H](OC2CCC3(CC2)OCCO3)[C@@H](c2ccccc2)N2CCCC2)cc1. The fourth-order valence-corrected chi connectivity index (χ4v) is 5.39. The van der Waals surface area contributed by atoms with Crippen molar-refractivity contribution in [1.82, 2.24) is 4.90 Å². The molecule has 2 aromatic rings. The average Bonchev–Trinajstić information content (AvgIpc) is 3.49. The molecule has 0 aromatic heterocycles. The summed E-state index contributed by atoms with van der Waals surface area (Å²) >= 11 is 0. The molecular weight excluding hydrogens is 374 g/mol. The minimum atomic E-state index is -0.337. The van der Waals surface area contributed by atoms with E-state index in [1.807, 2.05) is 0 Å². The number of ether oxygens (including phenoxy) is 3. The second-order valence-electron chi connectivity index (χ2n) is 8.87. The first-order chi connectivity index (χ1) is 14.8. The molecule has 2 saturated heterocycles. The third-order valence-corrected chi connectivity index (χ3v) is 6.94. The van der Waals surface area contributed by atoms with Gasteiger partial charge in [0, 0.05) is 12.8 Å². The van der Waals surface area contributed by atoms with Crippen LogP contribution in [0.25, 0.3) is 0 Å². The summed E-state index contributed by atoms with van der Waals surface area (Å²) in [5, 5.41) is 0. The van der Waals surface area contributed by atoms with Gasteiger partial charge in [0.25, 0.3) is 0 Å². The summed E-state index contributed by atoms with van der Waals surface area (Å²) in [7, 11) is 0. The number of nitrogens with zero attached hydrogens (tertiary/aromatic N) is 1. The molecule has 2 aliphatic heterocycles. The van der Waals surface area contributed by atoms with Gasteiger partial charge in [0.2, 0.25) is 0 Å². The maximum atomic E-state index is 6.96. The van der Waals surface area contributed by atoms with Crippen molar-refractivity contribution >= 4 is 0 Å². The Bertz CT molecular complexity index is 774. The minimum absolute atomic E-state index is 0.0242. The molecule has 5 rings (SSSR count). The first-order valence-corrected chi connectivity index (χ1v) is 11.6. The molecule has 3 aliphatic rings. The van der Waals surface area contributed by atoms with Crippen LogP contribution >= 0.6 is 0 Å². The van der Waals surface area contributed by atoms with Crippen molar-refractivity contribution in [3.63, 3.8) is 0 Å². The van der Waals surface area contributed by atoms with E-state index in [0.717, 1.165) is 52.0 Å². The van der Waals surface area contributed by atoms with Crippen molar-refractivity contribution in [2.75, 3.05) is 26.3 Å². The number of hydrogen-bond acceptors (Lipinski definition) is 4. The van der Waals surface area contributed by atoms with Gasteiger partial charge >= 0.3 is 0 Å². The first kappa shape index (κ1) is 20.2. The molecule has 2 aromatic carbocycles. The zero-order valence-electron chi connectivity index (χ0n) is 17.7. The van der Waals surface area contributed by atoms with Crippen LogP contribution in [-0.4, -0.2) is 43.1 Å². The van der Waals surface area contributed by atoms with Crippen LogP contribution in [0.1, 0.15) is 61.8 Å². The largest absolute Gasteiger partial charge is 0.368 e. The van der Waals surface area contributed by atoms with Crippen LogP contribution in [0, 0.1) is 0 Å². The van der Waals surface area contributed by atoms with E-state index >= 15 is 0 Å². The Balaban J connectivity index is 1.41. The summed E-state index contributed by atoms with van der Waals surface area (Å²) in [5.74, 6) is -0.337. The van der Waals surface area contributed by atoms with Gasteiger partial charge in [-0.25, -0.2) is 0 Å². The Labute approximate surface area is 180 Å². The molecule has 2 atom stereocenters. The highest BCUT2D eigenvalue weighted by Gasteiger charge is 2.42. The quantitative estimate of drug-likeness (QED) is 0.653. The lowest BCUT2D eigenvalue weighted by Crippen LogP contribution is -2.39. The van der Waals surface area contributed by atoms with Crippen LogP contribution in [0.2, 0.25) is 0 Å². The van der Waals surface area contributed by atoms with Crippen molar-refractivity contribution in [3.8, 4) is 0 Å². The monoisotopic (exact) mass is 407 g/mol. The molecule has 160 valence electrons. The van der Waals surface area contributed by atoms with Crippen LogP contribution in [0.15, 0.2) is 60.7 Å². The highest BCUT2D eigenvalue weighted by Crippen LogP contribution is 2.43. The van der Waals surface area contributed by atoms with Crippen LogP contribution in [-0.2, 0) is 14.2 Å². The lowest BCUT2D eigenvalue weighted by atomic mass is 9.90. The highest BCUT2D eigenvalue weighted by molar-refractivity contribution is 5.27. The van der Waals surface area contributed by atoms with Gasteiger partial charge in [-0.2, -0.15) is 0 Å². The normalized spacial score (nSPS) is 24.3. The van der Waals surface area contributed by atoms with Gasteiger partial charge in [-0.1, -0.05) is 60.7 Å². The van der Waals surface area contributed by atoms with Crippen molar-refractivity contribution in [2.24, 2.45) is 0 Å². The number of likely N-dealkylation sites (tertiary alicyclic amines) is 1. The van der Waals surface area contributed by atoms with Crippen molar-refractivity contribution in [3.05, 3.63) is 71.8 Å². The molecule has 30 heavy (non-hydrogen) atoms. The maximum Gasteiger partial charge on any atom is 0.168 e. The molecule has 0 N–H and O–H groups in total. The number of benzene rings is 2. The molecule has 4 heteroatoms. The van der Waals surface area contributed by atoms with Crippen molar-refractivity contribution in [2.45, 2.75) is 62.6 Å². The molecule has 1 spiro atoms. The molecule has 0 unspecified atom stereocenters. The summed E-state index contributed by atoms with van der Waals surface area (Å²) < 4.78 is 18.8. The first-order valence-electron chi connectivity index (χ1n) is 11.6. The molecule has 1 aliphatic carbocycles. The van der Waals surface area contributed by atoms with Crippen LogP contribution in [0.5, 0.6) is 0 Å². The predicted molar refractivity (Wildman–Crippen MR) is 117 cm³/mol. The number of hydrogen-bond donors (Lipinski definition) is 0. The predicted octanol–water partition coefficient (Wildman–Crippen LogP) is 5.27. The van der Waals surface area contributed by atoms with Crippen molar-refractivity contribution < 1.29 is 14.2 Å². The van der Waals surface area contributed by atoms with E-state index < -0.39 is 0 Å². The van der Waals surface area contributed by atoms with E-state index in [4.69, 9.17) is 14.2 Å². The van der Waals surface area contributed by atoms with Crippen LogP contribution in [0.3, 0.4) is 0 Å². The number of rotatable bonds is 6. The van der Waals surface area contributed by atoms with Gasteiger partial charge < -0.3 is 14.2 Å². The summed E-state index contributed by atoms with van der Waals surface area (Å²) in [6, 6.07) is 22.0. The molecule has 0 amide bonds. The molecule has 1 saturated carbocycles. The lowest BCUT2D eigenvalue weighted by molar-refractivity contribution is -0.198. The smallest absolute Gasteiger partial charge is 0.168 e. The minimum Gasteiger partial charge on any atom is -0.368 e. The Morgan fingerprint density at radius 3 is 1.97 bits per heavy atom. The molecule has 0 bridgehead atoms. The zero-order chi connectivity index (χ0) is 20.2. The van der Waals surface area contributed by atoms with Gasteiger partial charge in [-0.15, -0.1) is 0 Å². The highest BCUT2D eigenvalue weighted by atomic mass is 16.7. The van der Waals surface area contributed by atoms with Crippen LogP contribution in [0.4, 0.5) is 0 Å². The molecule has 4 nitrogen and oxygen atoms in total. The third kappa shape index (κ3) is 4.33. The molecule has 3 fully saturated rings. The van der Waals surface area contributed by atoms with E-state index in [1.54, 1.807) is 0 Å². The van der Waals surface area contributed by atoms with E-state index in [2.05, 4.69) is 65.6 Å². The van der Waals surface area contributed by atoms with E-state index in [9.17, 15) is 0 Å². The summed E-state index contributed by atoms with van der Waals surface area (Å²) in [6.45, 7) is 3.73. The lowest BCUT2D eigenvalue weighted by Gasteiger charge is -2.40. The Kier molecular flexibility index (Phi) is 6.19. The summed E-state index contributed by atoms with van der Waals surface area (Å²) in [4.78, 5) is 2.63. The van der Waals surface area contributed by atoms with Crippen LogP contribution < -0.4 is 0 Å². The van der Waals surface area contributed by atoms with E-state index in [-0.39, 0.29) is 24.0 Å². The molecule has 2 heterocycles. The van der Waals surface area contributed by atoms with E-state index in [0.29, 0.717) is 0 Å². The fraction of sp³-hybridized carbons (Fsp3) is 0.538. The summed E-state index contributed by atoms with van der Waals surface area (Å²) in [6.07, 6.45) is 6.64. The average molecular weight is 408 g/mol. The van der Waals surface area contributed by atoms with Gasteiger partial charge in [0.05, 0.1) is 25.4 Å². The molecular formula is C26H33NO3. The van der Waals surface area contributed by atoms with Gasteiger partial charge in [-0.05, 0) is 49.9 Å². The van der Waals surface area contributed by atoms with Gasteiger partial charge in [-0.3, -0.25) is 4.90 Å². The second-order valence-corrected chi connectivity index (χ2v) is 8.87. The fourth-order valence-electron chi connectivity index (χ4n) is 5.39. The van der Waals surface area contributed by atoms with Gasteiger partial charge in [0.15, 0.2) is 5.79 Å². The standard InChI is InChI=1S/C26H33NO3/c1-3-9-21(10-4-1)24(27-17-7-8-18-27)25(22-11-5-2-6-12-22)30-23-13-15-26(16-14-23)28-19-20-29-26/h1-6,9-12,23-25H,7-8,13-20H2/t24-,25-/m1/s1. The summed E-state index contributed by atoms with van der Waals surface area (Å²) in [5.41, 5.74) is 2.62. The Morgan fingerprint density at radius 1 is 0.800 bits per heavy atom.